The minimum absolute atomic E-state index is 0.407. The molecule has 10 rings (SSSR count). The largest absolute Gasteiger partial charge is 0.309 e. The van der Waals surface area contributed by atoms with Gasteiger partial charge in [-0.1, -0.05) is 121 Å². The quantitative estimate of drug-likeness (QED) is 0.172. The van der Waals surface area contributed by atoms with Crippen molar-refractivity contribution in [2.24, 2.45) is 5.92 Å². The van der Waals surface area contributed by atoms with Gasteiger partial charge in [0.2, 0.25) is 0 Å². The standard InChI is InChI=1S/C50H43NS/c1-3-13-34(14-4-1)35-25-29-39(30-26-35)51(47-23-11-22-45-49-42(36-15-5-2-6-16-36)21-12-24-48(49)52-50(45)47)40-31-27-37(28-32-40)46-33-38-17-7-8-18-41(38)43-19-9-10-20-44(43)46/h2-3,5-7,10-17,20-25,27-32,35,46H,1,4,8-9,18-19,26,33H2. The number of hydrogen-bond donors (Lipinski definition) is 0. The van der Waals surface area contributed by atoms with Crippen LogP contribution in [0.1, 0.15) is 62.8 Å². The number of anilines is 2. The van der Waals surface area contributed by atoms with Crippen molar-refractivity contribution in [3.63, 3.8) is 0 Å². The maximum absolute atomic E-state index is 2.53. The third-order valence-corrected chi connectivity index (χ3v) is 13.0. The van der Waals surface area contributed by atoms with Crippen molar-refractivity contribution in [3.8, 4) is 11.1 Å². The molecule has 254 valence electrons. The monoisotopic (exact) mass is 689 g/mol. The molecule has 0 spiro atoms. The second-order valence-corrected chi connectivity index (χ2v) is 15.9. The van der Waals surface area contributed by atoms with Gasteiger partial charge in [-0.3, -0.25) is 0 Å². The molecule has 2 unspecified atom stereocenters. The maximum atomic E-state index is 2.53. The maximum Gasteiger partial charge on any atom is 0.0640 e. The van der Waals surface area contributed by atoms with Crippen molar-refractivity contribution < 1.29 is 0 Å². The van der Waals surface area contributed by atoms with Crippen molar-refractivity contribution in [2.75, 3.05) is 4.90 Å². The molecule has 0 fully saturated rings. The molecule has 2 heteroatoms. The lowest BCUT2D eigenvalue weighted by molar-refractivity contribution is 0.719. The Kier molecular flexibility index (Phi) is 8.14. The Bertz CT molecular complexity index is 2450. The van der Waals surface area contributed by atoms with Crippen molar-refractivity contribution in [1.82, 2.24) is 0 Å². The minimum Gasteiger partial charge on any atom is -0.309 e. The summed E-state index contributed by atoms with van der Waals surface area (Å²) in [5.41, 5.74) is 15.5. The van der Waals surface area contributed by atoms with Gasteiger partial charge in [-0.2, -0.15) is 0 Å². The van der Waals surface area contributed by atoms with Crippen LogP contribution >= 0.6 is 11.3 Å². The topological polar surface area (TPSA) is 3.24 Å². The first-order valence-electron chi connectivity index (χ1n) is 19.2. The van der Waals surface area contributed by atoms with Crippen molar-refractivity contribution in [3.05, 3.63) is 191 Å². The molecule has 4 aromatic carbocycles. The molecule has 0 bridgehead atoms. The Hall–Kier alpha value is -5.18. The Morgan fingerprint density at radius 3 is 2.31 bits per heavy atom. The summed E-state index contributed by atoms with van der Waals surface area (Å²) >= 11 is 1.92. The van der Waals surface area contributed by atoms with E-state index in [-0.39, 0.29) is 0 Å². The third-order valence-electron chi connectivity index (χ3n) is 11.8. The molecular formula is C50H43NS. The summed E-state index contributed by atoms with van der Waals surface area (Å²) < 4.78 is 2.66. The molecule has 0 aliphatic heterocycles. The third kappa shape index (κ3) is 5.52. The molecule has 0 amide bonds. The molecule has 0 saturated carbocycles. The highest BCUT2D eigenvalue weighted by molar-refractivity contribution is 7.26. The molecule has 2 atom stereocenters. The molecule has 0 N–H and O–H groups in total. The highest BCUT2D eigenvalue weighted by atomic mass is 32.1. The second kappa shape index (κ2) is 13.4. The van der Waals surface area contributed by atoms with Gasteiger partial charge in [0.15, 0.2) is 0 Å². The van der Waals surface area contributed by atoms with E-state index < -0.39 is 0 Å². The summed E-state index contributed by atoms with van der Waals surface area (Å²) in [6, 6.07) is 34.2. The summed E-state index contributed by atoms with van der Waals surface area (Å²) in [6.45, 7) is 0. The molecule has 5 aromatic rings. The zero-order chi connectivity index (χ0) is 34.4. The molecule has 1 aromatic heterocycles. The van der Waals surface area contributed by atoms with E-state index >= 15 is 0 Å². The lowest BCUT2D eigenvalue weighted by Crippen LogP contribution is -2.19. The first kappa shape index (κ1) is 31.5. The SMILES string of the molecule is C1=CC(C2C=CC(N(c3ccc(C4CC5=C(CCC=C5)C5=C4C=CCC5)cc3)c3cccc4c3sc3cccc(-c5ccccc5)c34)=CC2)=CCC1. The molecule has 52 heavy (non-hydrogen) atoms. The average molecular weight is 690 g/mol. The van der Waals surface area contributed by atoms with E-state index in [4.69, 9.17) is 0 Å². The van der Waals surface area contributed by atoms with Crippen LogP contribution < -0.4 is 4.90 Å². The lowest BCUT2D eigenvalue weighted by atomic mass is 9.71. The van der Waals surface area contributed by atoms with Crippen molar-refractivity contribution in [2.45, 2.75) is 57.3 Å². The van der Waals surface area contributed by atoms with Crippen LogP contribution in [0.25, 0.3) is 31.3 Å². The van der Waals surface area contributed by atoms with Gasteiger partial charge >= 0.3 is 0 Å². The smallest absolute Gasteiger partial charge is 0.0640 e. The van der Waals surface area contributed by atoms with Crippen molar-refractivity contribution in [1.29, 1.82) is 0 Å². The van der Waals surface area contributed by atoms with E-state index in [1.54, 1.807) is 22.3 Å². The molecule has 0 radical (unpaired) electrons. The average Bonchev–Trinajstić information content (AvgIpc) is 3.62. The van der Waals surface area contributed by atoms with Gasteiger partial charge in [-0.15, -0.1) is 11.3 Å². The molecule has 5 aliphatic rings. The number of allylic oxidation sites excluding steroid dienone is 15. The van der Waals surface area contributed by atoms with Gasteiger partial charge in [-0.25, -0.2) is 0 Å². The Labute approximate surface area is 311 Å². The van der Waals surface area contributed by atoms with Gasteiger partial charge in [0.25, 0.3) is 0 Å². The fraction of sp³-hybridized carbons (Fsp3) is 0.200. The summed E-state index contributed by atoms with van der Waals surface area (Å²) in [5.74, 6) is 0.841. The number of benzene rings is 4. The Balaban J connectivity index is 1.08. The van der Waals surface area contributed by atoms with E-state index in [2.05, 4.69) is 157 Å². The van der Waals surface area contributed by atoms with Gasteiger partial charge in [-0.05, 0) is 126 Å². The lowest BCUT2D eigenvalue weighted by Gasteiger charge is -2.34. The van der Waals surface area contributed by atoms with Crippen LogP contribution in [0.15, 0.2) is 185 Å². The van der Waals surface area contributed by atoms with E-state index in [0.29, 0.717) is 11.8 Å². The first-order valence-corrected chi connectivity index (χ1v) is 20.0. The fourth-order valence-corrected chi connectivity index (χ4v) is 10.5. The second-order valence-electron chi connectivity index (χ2n) is 14.8. The normalized spacial score (nSPS) is 21.0. The predicted octanol–water partition coefficient (Wildman–Crippen LogP) is 14.4. The van der Waals surface area contributed by atoms with Crippen LogP contribution in [-0.4, -0.2) is 0 Å². The van der Waals surface area contributed by atoms with Crippen LogP contribution in [-0.2, 0) is 0 Å². The summed E-state index contributed by atoms with van der Waals surface area (Å²) in [7, 11) is 0. The van der Waals surface area contributed by atoms with Crippen LogP contribution in [0.4, 0.5) is 11.4 Å². The van der Waals surface area contributed by atoms with Gasteiger partial charge in [0, 0.05) is 38.7 Å². The van der Waals surface area contributed by atoms with E-state index in [9.17, 15) is 0 Å². The van der Waals surface area contributed by atoms with E-state index in [0.717, 1.165) is 32.1 Å². The minimum atomic E-state index is 0.407. The molecule has 5 aliphatic carbocycles. The zero-order valence-electron chi connectivity index (χ0n) is 29.6. The Morgan fingerprint density at radius 1 is 0.654 bits per heavy atom. The number of nitrogens with zero attached hydrogens (tertiary/aromatic N) is 1. The van der Waals surface area contributed by atoms with E-state index in [1.165, 1.54) is 78.8 Å². The van der Waals surface area contributed by atoms with Crippen LogP contribution in [0.3, 0.4) is 0 Å². The number of rotatable bonds is 6. The molecular weight excluding hydrogens is 647 g/mol. The predicted molar refractivity (Wildman–Crippen MR) is 223 cm³/mol. The Morgan fingerprint density at radius 2 is 1.48 bits per heavy atom. The highest BCUT2D eigenvalue weighted by Gasteiger charge is 2.30. The molecule has 1 heterocycles. The number of fused-ring (bicyclic) bond motifs is 4. The fourth-order valence-electron chi connectivity index (χ4n) is 9.29. The number of thiophene rings is 1. The number of hydrogen-bond acceptors (Lipinski definition) is 2. The zero-order valence-corrected chi connectivity index (χ0v) is 30.4. The van der Waals surface area contributed by atoms with Gasteiger partial charge < -0.3 is 4.90 Å². The molecule has 1 nitrogen and oxygen atoms in total. The van der Waals surface area contributed by atoms with Crippen LogP contribution in [0.2, 0.25) is 0 Å². The van der Waals surface area contributed by atoms with Crippen molar-refractivity contribution >= 4 is 42.9 Å². The van der Waals surface area contributed by atoms with Crippen LogP contribution in [0.5, 0.6) is 0 Å². The molecule has 0 saturated heterocycles. The van der Waals surface area contributed by atoms with Gasteiger partial charge in [0.1, 0.15) is 0 Å². The van der Waals surface area contributed by atoms with E-state index in [1.807, 2.05) is 11.3 Å². The first-order chi connectivity index (χ1) is 25.8. The summed E-state index contributed by atoms with van der Waals surface area (Å²) in [4.78, 5) is 2.53. The van der Waals surface area contributed by atoms with Gasteiger partial charge in [0.05, 0.1) is 10.4 Å². The highest BCUT2D eigenvalue weighted by Crippen LogP contribution is 2.49. The summed E-state index contributed by atoms with van der Waals surface area (Å²) in [6.07, 6.45) is 33.2. The summed E-state index contributed by atoms with van der Waals surface area (Å²) in [5, 5.41) is 2.67. The van der Waals surface area contributed by atoms with Crippen LogP contribution in [0, 0.1) is 5.92 Å².